The third kappa shape index (κ3) is 8.96. The van der Waals surface area contributed by atoms with Crippen molar-refractivity contribution in [3.05, 3.63) is 146 Å². The number of nitrogens with one attached hydrogen (secondary N) is 3. The maximum Gasteiger partial charge on any atom is 0.412 e. The highest BCUT2D eigenvalue weighted by Gasteiger charge is 2.30. The number of aromatic nitrogens is 1. The van der Waals surface area contributed by atoms with E-state index in [0.717, 1.165) is 66.2 Å². The number of hydrogen-bond acceptors (Lipinski definition) is 8. The number of aromatic hydroxyl groups is 1. The van der Waals surface area contributed by atoms with E-state index < -0.39 is 12.2 Å². The number of para-hydroxylation sites is 1. The quantitative estimate of drug-likeness (QED) is 0.0721. The second kappa shape index (κ2) is 17.1. The van der Waals surface area contributed by atoms with Gasteiger partial charge in [-0.25, -0.2) is 4.79 Å². The highest BCUT2D eigenvalue weighted by Crippen LogP contribution is 2.34. The van der Waals surface area contributed by atoms with Gasteiger partial charge in [0, 0.05) is 66.3 Å². The number of piperidine rings is 1. The molecule has 1 aliphatic rings. The number of likely N-dealkylation sites (tertiary alicyclic amines) is 1. The van der Waals surface area contributed by atoms with Crippen LogP contribution in [0.5, 0.6) is 5.75 Å². The van der Waals surface area contributed by atoms with Crippen molar-refractivity contribution < 1.29 is 24.9 Å². The number of amides is 2. The Morgan fingerprint density at radius 2 is 1.64 bits per heavy atom. The molecule has 1 aliphatic heterocycles. The molecule has 11 nitrogen and oxygen atoms in total. The van der Waals surface area contributed by atoms with Crippen LogP contribution >= 0.6 is 11.3 Å². The summed E-state index contributed by atoms with van der Waals surface area (Å²) in [5.74, 6) is -0.256. The molecule has 282 valence electrons. The normalized spacial score (nSPS) is 14.1. The van der Waals surface area contributed by atoms with Gasteiger partial charge in [-0.1, -0.05) is 66.7 Å². The molecular formula is C43H43N5O6S. The standard InChI is InChI=1S/C43H43N5O6S/c49-37-17-15-34(35-16-19-40(51)46-41(35)37)38(50)27-44-26-32-14-18-39(55-32)42(52)45-30-12-10-28(11-13-30)20-23-47-24-21-31(22-25-47)48(43(53)54)36-9-5-4-8-33(36)29-6-2-1-3-7-29/h1-19,31,38,44,49-50H,20-27H2,(H,45,52)(H,46,51)(H,53,54)/t38-/m0/s1. The molecule has 7 rings (SSSR count). The summed E-state index contributed by atoms with van der Waals surface area (Å²) in [7, 11) is 0. The zero-order valence-corrected chi connectivity index (χ0v) is 31.0. The molecule has 6 N–H and O–H groups in total. The van der Waals surface area contributed by atoms with Crippen LogP contribution in [-0.2, 0) is 13.0 Å². The number of anilines is 2. The minimum atomic E-state index is -0.930. The smallest absolute Gasteiger partial charge is 0.412 e. The minimum Gasteiger partial charge on any atom is -0.506 e. The number of aliphatic hydroxyl groups excluding tert-OH is 1. The van der Waals surface area contributed by atoms with E-state index >= 15 is 0 Å². The van der Waals surface area contributed by atoms with Crippen molar-refractivity contribution in [3.8, 4) is 16.9 Å². The number of fused-ring (bicyclic) bond motifs is 1. The Balaban J connectivity index is 0.862. The van der Waals surface area contributed by atoms with Crippen LogP contribution in [0.15, 0.2) is 120 Å². The number of carbonyl (C=O) groups excluding carboxylic acids is 1. The summed E-state index contributed by atoms with van der Waals surface area (Å²) in [6, 6.07) is 35.1. The predicted molar refractivity (Wildman–Crippen MR) is 217 cm³/mol. The Kier molecular flexibility index (Phi) is 11.7. The Hall–Kier alpha value is -5.79. The van der Waals surface area contributed by atoms with Crippen LogP contribution in [0.25, 0.3) is 22.0 Å². The summed E-state index contributed by atoms with van der Waals surface area (Å²) in [6.07, 6.45) is 0.543. The number of benzene rings is 4. The number of thiophene rings is 1. The van der Waals surface area contributed by atoms with E-state index in [2.05, 4.69) is 20.5 Å². The molecule has 3 heterocycles. The first-order chi connectivity index (χ1) is 26.7. The van der Waals surface area contributed by atoms with Gasteiger partial charge in [0.2, 0.25) is 5.56 Å². The molecule has 55 heavy (non-hydrogen) atoms. The summed E-state index contributed by atoms with van der Waals surface area (Å²) in [4.78, 5) is 45.4. The first-order valence-corrected chi connectivity index (χ1v) is 19.2. The molecule has 12 heteroatoms. The van der Waals surface area contributed by atoms with Crippen molar-refractivity contribution in [2.24, 2.45) is 0 Å². The number of carboxylic acid groups (broad SMARTS) is 1. The lowest BCUT2D eigenvalue weighted by molar-refractivity contribution is 0.103. The summed E-state index contributed by atoms with van der Waals surface area (Å²) >= 11 is 1.37. The summed E-state index contributed by atoms with van der Waals surface area (Å²) in [5.41, 5.74) is 5.03. The molecule has 0 spiro atoms. The summed E-state index contributed by atoms with van der Waals surface area (Å²) in [6.45, 7) is 3.17. The largest absolute Gasteiger partial charge is 0.506 e. The molecule has 0 saturated carbocycles. The van der Waals surface area contributed by atoms with E-state index in [9.17, 15) is 29.7 Å². The lowest BCUT2D eigenvalue weighted by Gasteiger charge is -2.38. The van der Waals surface area contributed by atoms with Crippen molar-refractivity contribution in [1.29, 1.82) is 0 Å². The maximum absolute atomic E-state index is 13.0. The molecule has 1 fully saturated rings. The molecule has 4 aromatic carbocycles. The fourth-order valence-corrected chi connectivity index (χ4v) is 8.10. The van der Waals surface area contributed by atoms with E-state index in [1.54, 1.807) is 23.1 Å². The Bertz CT molecular complexity index is 2320. The van der Waals surface area contributed by atoms with Gasteiger partial charge in [0.15, 0.2) is 0 Å². The molecule has 0 bridgehead atoms. The van der Waals surface area contributed by atoms with Gasteiger partial charge in [0.25, 0.3) is 5.91 Å². The van der Waals surface area contributed by atoms with Gasteiger partial charge in [-0.05, 0) is 78.4 Å². The number of aliphatic hydroxyl groups is 1. The van der Waals surface area contributed by atoms with Crippen molar-refractivity contribution in [3.63, 3.8) is 0 Å². The van der Waals surface area contributed by atoms with E-state index in [1.807, 2.05) is 84.9 Å². The van der Waals surface area contributed by atoms with Crippen molar-refractivity contribution in [1.82, 2.24) is 15.2 Å². The molecule has 0 unspecified atom stereocenters. The topological polar surface area (TPSA) is 158 Å². The van der Waals surface area contributed by atoms with Crippen LogP contribution in [0.4, 0.5) is 16.2 Å². The number of phenols is 1. The van der Waals surface area contributed by atoms with E-state index in [1.165, 1.54) is 23.5 Å². The monoisotopic (exact) mass is 757 g/mol. The predicted octanol–water partition coefficient (Wildman–Crippen LogP) is 7.23. The maximum atomic E-state index is 13.0. The van der Waals surface area contributed by atoms with Gasteiger partial charge in [-0.3, -0.25) is 14.5 Å². The van der Waals surface area contributed by atoms with Crippen LogP contribution in [0, 0.1) is 0 Å². The highest BCUT2D eigenvalue weighted by molar-refractivity contribution is 7.14. The van der Waals surface area contributed by atoms with Gasteiger partial charge in [0.1, 0.15) is 5.75 Å². The van der Waals surface area contributed by atoms with Gasteiger partial charge < -0.3 is 35.8 Å². The van der Waals surface area contributed by atoms with Crippen LogP contribution < -0.4 is 21.1 Å². The number of pyridine rings is 1. The van der Waals surface area contributed by atoms with E-state index in [4.69, 9.17) is 0 Å². The number of H-pyrrole nitrogens is 1. The van der Waals surface area contributed by atoms with Crippen LogP contribution in [0.3, 0.4) is 0 Å². The van der Waals surface area contributed by atoms with E-state index in [-0.39, 0.29) is 35.3 Å². The number of carbonyl (C=O) groups is 2. The molecule has 1 atom stereocenters. The Morgan fingerprint density at radius 3 is 2.40 bits per heavy atom. The minimum absolute atomic E-state index is 0.0603. The molecule has 0 radical (unpaired) electrons. The van der Waals surface area contributed by atoms with Gasteiger partial charge in [-0.2, -0.15) is 0 Å². The number of phenolic OH excluding ortho intramolecular Hbond substituents is 1. The number of rotatable bonds is 13. The molecule has 6 aromatic rings. The third-order valence-electron chi connectivity index (χ3n) is 10.1. The second-order valence-electron chi connectivity index (χ2n) is 13.7. The van der Waals surface area contributed by atoms with Crippen LogP contribution in [-0.4, -0.2) is 69.4 Å². The number of hydrogen-bond donors (Lipinski definition) is 6. The molecular weight excluding hydrogens is 715 g/mol. The van der Waals surface area contributed by atoms with Gasteiger partial charge >= 0.3 is 6.09 Å². The summed E-state index contributed by atoms with van der Waals surface area (Å²) < 4.78 is 0. The van der Waals surface area contributed by atoms with Crippen molar-refractivity contribution >= 4 is 45.6 Å². The fourth-order valence-electron chi connectivity index (χ4n) is 7.22. The van der Waals surface area contributed by atoms with Gasteiger partial charge in [0.05, 0.1) is 22.2 Å². The molecule has 2 aromatic heterocycles. The fraction of sp³-hybridized carbons (Fsp3) is 0.233. The molecule has 1 saturated heterocycles. The lowest BCUT2D eigenvalue weighted by Crippen LogP contribution is -2.47. The lowest BCUT2D eigenvalue weighted by atomic mass is 9.98. The van der Waals surface area contributed by atoms with Crippen molar-refractivity contribution in [2.45, 2.75) is 38.0 Å². The first kappa shape index (κ1) is 37.5. The third-order valence-corrected chi connectivity index (χ3v) is 11.2. The zero-order chi connectivity index (χ0) is 38.3. The molecule has 0 aliphatic carbocycles. The number of aromatic amines is 1. The Labute approximate surface area is 322 Å². The zero-order valence-electron chi connectivity index (χ0n) is 30.2. The Morgan fingerprint density at radius 1 is 0.891 bits per heavy atom. The average molecular weight is 758 g/mol. The molecule has 2 amide bonds. The van der Waals surface area contributed by atoms with Crippen LogP contribution in [0.1, 0.15) is 44.6 Å². The van der Waals surface area contributed by atoms with E-state index in [0.29, 0.717) is 28.1 Å². The van der Waals surface area contributed by atoms with Crippen LogP contribution in [0.2, 0.25) is 0 Å². The van der Waals surface area contributed by atoms with Gasteiger partial charge in [-0.15, -0.1) is 11.3 Å². The van der Waals surface area contributed by atoms with Crippen molar-refractivity contribution in [2.75, 3.05) is 36.4 Å². The average Bonchev–Trinajstić information content (AvgIpc) is 3.68. The highest BCUT2D eigenvalue weighted by atomic mass is 32.1. The number of nitrogens with zero attached hydrogens (tertiary/aromatic N) is 2. The first-order valence-electron chi connectivity index (χ1n) is 18.3. The SMILES string of the molecule is O=C(Nc1ccc(CCN2CCC(N(C(=O)O)c3ccccc3-c3ccccc3)CC2)cc1)c1ccc(CNC[C@H](O)c2ccc(O)c3[nH]c(=O)ccc23)s1. The summed E-state index contributed by atoms with van der Waals surface area (Å²) in [5, 5.41) is 38.0. The second-order valence-corrected chi connectivity index (χ2v) is 14.9.